The lowest BCUT2D eigenvalue weighted by Crippen LogP contribution is -2.28. The van der Waals surface area contributed by atoms with E-state index in [0.717, 1.165) is 5.56 Å². The SMILES string of the molecule is O=C1/C(=C/c2ccccc2)N(C(=O)c2ccccc2)c2ccccc21. The zero-order chi connectivity index (χ0) is 17.2. The summed E-state index contributed by atoms with van der Waals surface area (Å²) in [6.07, 6.45) is 1.77. The highest BCUT2D eigenvalue weighted by molar-refractivity contribution is 6.29. The Morgan fingerprint density at radius 2 is 1.36 bits per heavy atom. The van der Waals surface area contributed by atoms with Crippen molar-refractivity contribution in [3.05, 3.63) is 107 Å². The average Bonchev–Trinajstić information content (AvgIpc) is 2.95. The van der Waals surface area contributed by atoms with Crippen molar-refractivity contribution in [2.75, 3.05) is 4.90 Å². The van der Waals surface area contributed by atoms with E-state index in [2.05, 4.69) is 0 Å². The maximum absolute atomic E-state index is 13.1. The Morgan fingerprint density at radius 3 is 2.08 bits per heavy atom. The standard InChI is InChI=1S/C22H15NO2/c24-21-18-13-7-8-14-19(18)23(22(25)17-11-5-2-6-12-17)20(21)15-16-9-3-1-4-10-16/h1-15H/b20-15-. The van der Waals surface area contributed by atoms with E-state index in [0.29, 0.717) is 22.5 Å². The minimum absolute atomic E-state index is 0.135. The minimum atomic E-state index is -0.207. The molecule has 0 saturated carbocycles. The Kier molecular flexibility index (Phi) is 3.75. The normalized spacial score (nSPS) is 14.6. The topological polar surface area (TPSA) is 37.4 Å². The number of amides is 1. The molecule has 0 unspecified atom stereocenters. The molecule has 3 aromatic rings. The lowest BCUT2D eigenvalue weighted by Gasteiger charge is -2.18. The highest BCUT2D eigenvalue weighted by Gasteiger charge is 2.36. The van der Waals surface area contributed by atoms with E-state index >= 15 is 0 Å². The molecule has 0 radical (unpaired) electrons. The Morgan fingerprint density at radius 1 is 0.760 bits per heavy atom. The molecule has 3 heteroatoms. The number of allylic oxidation sites excluding steroid dienone is 1. The van der Waals surface area contributed by atoms with Crippen molar-refractivity contribution in [2.24, 2.45) is 0 Å². The Hall–Kier alpha value is -3.46. The van der Waals surface area contributed by atoms with Gasteiger partial charge in [0.1, 0.15) is 0 Å². The second kappa shape index (κ2) is 6.21. The smallest absolute Gasteiger partial charge is 0.262 e. The van der Waals surface area contributed by atoms with Crippen LogP contribution >= 0.6 is 0 Å². The first kappa shape index (κ1) is 15.1. The van der Waals surface area contributed by atoms with Crippen molar-refractivity contribution in [1.29, 1.82) is 0 Å². The zero-order valence-electron chi connectivity index (χ0n) is 13.4. The fourth-order valence-corrected chi connectivity index (χ4v) is 3.00. The number of hydrogen-bond donors (Lipinski definition) is 0. The van der Waals surface area contributed by atoms with Crippen molar-refractivity contribution in [3.8, 4) is 0 Å². The predicted molar refractivity (Wildman–Crippen MR) is 98.4 cm³/mol. The van der Waals surface area contributed by atoms with Gasteiger partial charge < -0.3 is 0 Å². The van der Waals surface area contributed by atoms with Crippen LogP contribution in [0.25, 0.3) is 6.08 Å². The summed E-state index contributed by atoms with van der Waals surface area (Å²) in [4.78, 5) is 27.5. The van der Waals surface area contributed by atoms with Gasteiger partial charge >= 0.3 is 0 Å². The molecule has 25 heavy (non-hydrogen) atoms. The van der Waals surface area contributed by atoms with Crippen molar-refractivity contribution in [3.63, 3.8) is 0 Å². The highest BCUT2D eigenvalue weighted by atomic mass is 16.2. The van der Waals surface area contributed by atoms with E-state index in [9.17, 15) is 9.59 Å². The number of fused-ring (bicyclic) bond motifs is 1. The number of carbonyl (C=O) groups excluding carboxylic acids is 2. The minimum Gasteiger partial charge on any atom is -0.287 e. The van der Waals surface area contributed by atoms with Crippen LogP contribution in [0.1, 0.15) is 26.3 Å². The lowest BCUT2D eigenvalue weighted by atomic mass is 10.1. The first-order valence-corrected chi connectivity index (χ1v) is 8.06. The molecule has 3 aromatic carbocycles. The summed E-state index contributed by atoms with van der Waals surface area (Å²) in [6, 6.07) is 25.8. The quantitative estimate of drug-likeness (QED) is 0.647. The third kappa shape index (κ3) is 2.66. The van der Waals surface area contributed by atoms with Crippen LogP contribution in [-0.4, -0.2) is 11.7 Å². The van der Waals surface area contributed by atoms with Gasteiger partial charge in [-0.3, -0.25) is 14.5 Å². The molecule has 1 aliphatic rings. The molecule has 0 aromatic heterocycles. The van der Waals surface area contributed by atoms with E-state index in [1.807, 2.05) is 60.7 Å². The van der Waals surface area contributed by atoms with Crippen molar-refractivity contribution in [2.45, 2.75) is 0 Å². The number of para-hydroxylation sites is 1. The van der Waals surface area contributed by atoms with Gasteiger partial charge in [-0.05, 0) is 35.9 Å². The Labute approximate surface area is 145 Å². The monoisotopic (exact) mass is 325 g/mol. The van der Waals surface area contributed by atoms with Gasteiger partial charge in [0.2, 0.25) is 5.78 Å². The van der Waals surface area contributed by atoms with Gasteiger partial charge in [-0.25, -0.2) is 0 Å². The Balaban J connectivity index is 1.86. The first-order valence-electron chi connectivity index (χ1n) is 8.06. The number of hydrogen-bond acceptors (Lipinski definition) is 2. The van der Waals surface area contributed by atoms with Gasteiger partial charge in [0.25, 0.3) is 5.91 Å². The lowest BCUT2D eigenvalue weighted by molar-refractivity contribution is 0.0974. The fourth-order valence-electron chi connectivity index (χ4n) is 3.00. The third-order valence-corrected chi connectivity index (χ3v) is 4.19. The summed E-state index contributed by atoms with van der Waals surface area (Å²) < 4.78 is 0. The molecule has 0 bridgehead atoms. The van der Waals surface area contributed by atoms with Gasteiger partial charge in [-0.15, -0.1) is 0 Å². The zero-order valence-corrected chi connectivity index (χ0v) is 13.4. The van der Waals surface area contributed by atoms with Gasteiger partial charge in [0, 0.05) is 11.1 Å². The molecule has 0 aliphatic carbocycles. The van der Waals surface area contributed by atoms with Gasteiger partial charge in [0.15, 0.2) is 0 Å². The molecule has 3 nitrogen and oxygen atoms in total. The second-order valence-corrected chi connectivity index (χ2v) is 5.79. The molecule has 1 heterocycles. The summed E-state index contributed by atoms with van der Waals surface area (Å²) in [5, 5.41) is 0. The predicted octanol–water partition coefficient (Wildman–Crippen LogP) is 4.57. The number of Topliss-reactive ketones (excluding diaryl/α,β-unsaturated/α-hetero) is 1. The molecule has 0 N–H and O–H groups in total. The van der Waals surface area contributed by atoms with Crippen LogP contribution in [0.5, 0.6) is 0 Å². The van der Waals surface area contributed by atoms with Crippen LogP contribution in [-0.2, 0) is 0 Å². The van der Waals surface area contributed by atoms with Crippen LogP contribution < -0.4 is 4.90 Å². The third-order valence-electron chi connectivity index (χ3n) is 4.19. The van der Waals surface area contributed by atoms with Crippen LogP contribution in [0.4, 0.5) is 5.69 Å². The number of anilines is 1. The molecule has 1 amide bonds. The number of carbonyl (C=O) groups is 2. The molecule has 1 aliphatic heterocycles. The molecule has 0 atom stereocenters. The second-order valence-electron chi connectivity index (χ2n) is 5.79. The van der Waals surface area contributed by atoms with Crippen LogP contribution in [0.15, 0.2) is 90.6 Å². The van der Waals surface area contributed by atoms with E-state index < -0.39 is 0 Å². The summed E-state index contributed by atoms with van der Waals surface area (Å²) >= 11 is 0. The largest absolute Gasteiger partial charge is 0.287 e. The fraction of sp³-hybridized carbons (Fsp3) is 0. The van der Waals surface area contributed by atoms with E-state index in [-0.39, 0.29) is 11.7 Å². The summed E-state index contributed by atoms with van der Waals surface area (Å²) in [6.45, 7) is 0. The summed E-state index contributed by atoms with van der Waals surface area (Å²) in [5.74, 6) is -0.343. The van der Waals surface area contributed by atoms with Crippen LogP contribution in [0.3, 0.4) is 0 Å². The van der Waals surface area contributed by atoms with E-state index in [1.165, 1.54) is 4.90 Å². The maximum Gasteiger partial charge on any atom is 0.262 e. The number of benzene rings is 3. The van der Waals surface area contributed by atoms with E-state index in [4.69, 9.17) is 0 Å². The summed E-state index contributed by atoms with van der Waals surface area (Å²) in [7, 11) is 0. The van der Waals surface area contributed by atoms with Crippen molar-refractivity contribution in [1.82, 2.24) is 0 Å². The Bertz CT molecular complexity index is 975. The van der Waals surface area contributed by atoms with Crippen molar-refractivity contribution < 1.29 is 9.59 Å². The molecular formula is C22H15NO2. The molecule has 4 rings (SSSR count). The molecule has 120 valence electrons. The number of ketones is 1. The van der Waals surface area contributed by atoms with E-state index in [1.54, 1.807) is 30.3 Å². The van der Waals surface area contributed by atoms with Crippen LogP contribution in [0, 0.1) is 0 Å². The van der Waals surface area contributed by atoms with Gasteiger partial charge in [-0.1, -0.05) is 60.7 Å². The number of rotatable bonds is 2. The molecule has 0 fully saturated rings. The highest BCUT2D eigenvalue weighted by Crippen LogP contribution is 2.36. The first-order chi connectivity index (χ1) is 12.3. The molecule has 0 saturated heterocycles. The maximum atomic E-state index is 13.1. The summed E-state index contributed by atoms with van der Waals surface area (Å²) in [5.41, 5.74) is 2.98. The molecular weight excluding hydrogens is 310 g/mol. The molecule has 0 spiro atoms. The van der Waals surface area contributed by atoms with Gasteiger partial charge in [-0.2, -0.15) is 0 Å². The number of nitrogens with zero attached hydrogens (tertiary/aromatic N) is 1. The average molecular weight is 325 g/mol. The van der Waals surface area contributed by atoms with Crippen LogP contribution in [0.2, 0.25) is 0 Å². The van der Waals surface area contributed by atoms with Gasteiger partial charge in [0.05, 0.1) is 11.4 Å². The van der Waals surface area contributed by atoms with Crippen molar-refractivity contribution >= 4 is 23.5 Å².